The first kappa shape index (κ1) is 23.2. The van der Waals surface area contributed by atoms with Crippen LogP contribution in [0.4, 0.5) is 18.9 Å². The quantitative estimate of drug-likeness (QED) is 0.585. The summed E-state index contributed by atoms with van der Waals surface area (Å²) in [5.41, 5.74) is -1.05. The van der Waals surface area contributed by atoms with Crippen LogP contribution in [0, 0.1) is 0 Å². The minimum Gasteiger partial charge on any atom is -0.383 e. The number of nitrogens with one attached hydrogen (secondary N) is 1. The molecule has 0 spiro atoms. The fourth-order valence-corrected chi connectivity index (χ4v) is 5.43. The van der Waals surface area contributed by atoms with Crippen LogP contribution in [0.25, 0.3) is 10.2 Å². The van der Waals surface area contributed by atoms with Crippen LogP contribution in [-0.2, 0) is 41.6 Å². The summed E-state index contributed by atoms with van der Waals surface area (Å²) < 4.78 is 46.2. The predicted molar refractivity (Wildman–Crippen MR) is 119 cm³/mol. The maximum Gasteiger partial charge on any atom is 0.416 e. The van der Waals surface area contributed by atoms with Crippen LogP contribution in [0.15, 0.2) is 33.9 Å². The second-order valence-corrected chi connectivity index (χ2v) is 8.92. The van der Waals surface area contributed by atoms with E-state index in [-0.39, 0.29) is 18.8 Å². The average molecular weight is 481 g/mol. The van der Waals surface area contributed by atoms with E-state index in [1.54, 1.807) is 0 Å². The molecule has 0 radical (unpaired) electrons. The number of carbonyl (C=O) groups excluding carboxylic acids is 1. The van der Waals surface area contributed by atoms with E-state index in [0.29, 0.717) is 10.2 Å². The zero-order chi connectivity index (χ0) is 23.8. The molecular formula is C22H22F3N3O4S. The molecule has 0 atom stereocenters. The van der Waals surface area contributed by atoms with Crippen LogP contribution in [0.2, 0.25) is 0 Å². The Morgan fingerprint density at radius 3 is 2.67 bits per heavy atom. The molecule has 1 aliphatic rings. The molecule has 176 valence electrons. The molecule has 1 amide bonds. The highest BCUT2D eigenvalue weighted by Gasteiger charge is 2.30. The zero-order valence-corrected chi connectivity index (χ0v) is 18.6. The number of aromatic nitrogens is 2. The van der Waals surface area contributed by atoms with Crippen LogP contribution in [0.5, 0.6) is 0 Å². The van der Waals surface area contributed by atoms with E-state index in [2.05, 4.69) is 5.32 Å². The van der Waals surface area contributed by atoms with E-state index in [1.165, 1.54) is 35.1 Å². The third-order valence-electron chi connectivity index (χ3n) is 5.61. The maximum atomic E-state index is 13.1. The lowest BCUT2D eigenvalue weighted by Crippen LogP contribution is -2.42. The summed E-state index contributed by atoms with van der Waals surface area (Å²) >= 11 is 1.33. The third-order valence-corrected chi connectivity index (χ3v) is 6.93. The fourth-order valence-electron chi connectivity index (χ4n) is 4.05. The number of hydrogen-bond donors (Lipinski definition) is 1. The van der Waals surface area contributed by atoms with E-state index in [9.17, 15) is 27.6 Å². The van der Waals surface area contributed by atoms with Gasteiger partial charge in [0.05, 0.1) is 24.1 Å². The highest BCUT2D eigenvalue weighted by Crippen LogP contribution is 2.34. The van der Waals surface area contributed by atoms with Crippen molar-refractivity contribution in [3.63, 3.8) is 0 Å². The molecular weight excluding hydrogens is 459 g/mol. The number of fused-ring (bicyclic) bond motifs is 3. The molecule has 0 unspecified atom stereocenters. The van der Waals surface area contributed by atoms with Crippen molar-refractivity contribution in [3.05, 3.63) is 61.1 Å². The molecule has 11 heteroatoms. The van der Waals surface area contributed by atoms with Gasteiger partial charge in [0.15, 0.2) is 0 Å². The topological polar surface area (TPSA) is 82.3 Å². The van der Waals surface area contributed by atoms with Crippen molar-refractivity contribution >= 4 is 33.1 Å². The van der Waals surface area contributed by atoms with Gasteiger partial charge in [-0.2, -0.15) is 13.2 Å². The lowest BCUT2D eigenvalue weighted by molar-refractivity contribution is -0.137. The third kappa shape index (κ3) is 4.60. The second kappa shape index (κ2) is 9.14. The van der Waals surface area contributed by atoms with Gasteiger partial charge in [0, 0.05) is 17.7 Å². The minimum atomic E-state index is -4.54. The number of halogens is 3. The number of rotatable bonds is 6. The molecule has 1 aliphatic carbocycles. The number of carbonyl (C=O) groups is 1. The van der Waals surface area contributed by atoms with Gasteiger partial charge in [0.1, 0.15) is 11.4 Å². The summed E-state index contributed by atoms with van der Waals surface area (Å²) in [6, 6.07) is 4.28. The lowest BCUT2D eigenvalue weighted by atomic mass is 9.97. The van der Waals surface area contributed by atoms with E-state index in [1.807, 2.05) is 0 Å². The Morgan fingerprint density at radius 1 is 1.18 bits per heavy atom. The smallest absolute Gasteiger partial charge is 0.383 e. The van der Waals surface area contributed by atoms with E-state index in [0.717, 1.165) is 52.8 Å². The van der Waals surface area contributed by atoms with Gasteiger partial charge in [0.25, 0.3) is 5.56 Å². The summed E-state index contributed by atoms with van der Waals surface area (Å²) in [7, 11) is 1.46. The van der Waals surface area contributed by atoms with Crippen LogP contribution in [-0.4, -0.2) is 28.8 Å². The molecule has 7 nitrogen and oxygen atoms in total. The van der Waals surface area contributed by atoms with Crippen molar-refractivity contribution < 1.29 is 22.7 Å². The van der Waals surface area contributed by atoms with Crippen LogP contribution >= 0.6 is 11.3 Å². The van der Waals surface area contributed by atoms with Crippen molar-refractivity contribution in [2.45, 2.75) is 44.9 Å². The maximum absolute atomic E-state index is 13.1. The van der Waals surface area contributed by atoms with Crippen LogP contribution in [0.3, 0.4) is 0 Å². The van der Waals surface area contributed by atoms with Gasteiger partial charge in [-0.25, -0.2) is 4.79 Å². The van der Waals surface area contributed by atoms with Crippen LogP contribution in [0.1, 0.15) is 28.8 Å². The Bertz CT molecular complexity index is 1320. The molecule has 2 heterocycles. The highest BCUT2D eigenvalue weighted by molar-refractivity contribution is 7.18. The number of alkyl halides is 3. The monoisotopic (exact) mass is 481 g/mol. The van der Waals surface area contributed by atoms with E-state index >= 15 is 0 Å². The number of hydrogen-bond acceptors (Lipinski definition) is 5. The number of methoxy groups -OCH3 is 1. The van der Waals surface area contributed by atoms with Crippen molar-refractivity contribution in [2.24, 2.45) is 0 Å². The highest BCUT2D eigenvalue weighted by atomic mass is 32.1. The number of benzene rings is 1. The molecule has 4 rings (SSSR count). The van der Waals surface area contributed by atoms with Gasteiger partial charge < -0.3 is 10.1 Å². The van der Waals surface area contributed by atoms with Crippen molar-refractivity contribution in [3.8, 4) is 0 Å². The van der Waals surface area contributed by atoms with Gasteiger partial charge in [0.2, 0.25) is 5.91 Å². The van der Waals surface area contributed by atoms with E-state index in [4.69, 9.17) is 4.74 Å². The van der Waals surface area contributed by atoms with Crippen molar-refractivity contribution in [1.29, 1.82) is 0 Å². The summed E-state index contributed by atoms with van der Waals surface area (Å²) in [6.07, 6.45) is -1.10. The Kier molecular flexibility index (Phi) is 6.44. The Balaban J connectivity index is 1.74. The predicted octanol–water partition coefficient (Wildman–Crippen LogP) is 3.41. The Hall–Kier alpha value is -2.92. The summed E-state index contributed by atoms with van der Waals surface area (Å²) in [5.74, 6) is -0.666. The summed E-state index contributed by atoms with van der Waals surface area (Å²) in [4.78, 5) is 40.5. The number of anilines is 1. The fraction of sp³-hybridized carbons (Fsp3) is 0.409. The molecule has 1 aromatic carbocycles. The zero-order valence-electron chi connectivity index (χ0n) is 17.8. The van der Waals surface area contributed by atoms with Gasteiger partial charge >= 0.3 is 11.9 Å². The minimum absolute atomic E-state index is 0.0303. The Morgan fingerprint density at radius 2 is 1.94 bits per heavy atom. The molecule has 0 saturated heterocycles. The number of nitrogens with zero attached hydrogens (tertiary/aromatic N) is 2. The van der Waals surface area contributed by atoms with Crippen molar-refractivity contribution in [2.75, 3.05) is 19.0 Å². The van der Waals surface area contributed by atoms with E-state index < -0.39 is 35.4 Å². The molecule has 0 fully saturated rings. The first-order chi connectivity index (χ1) is 15.7. The molecule has 2 aromatic heterocycles. The average Bonchev–Trinajstić information content (AvgIpc) is 3.16. The number of aryl methyl sites for hydroxylation is 2. The molecule has 33 heavy (non-hydrogen) atoms. The summed E-state index contributed by atoms with van der Waals surface area (Å²) in [5, 5.41) is 2.87. The van der Waals surface area contributed by atoms with Gasteiger partial charge in [-0.3, -0.25) is 18.7 Å². The summed E-state index contributed by atoms with van der Waals surface area (Å²) in [6.45, 7) is -0.258. The number of ether oxygens (including phenoxy) is 1. The standard InChI is InChI=1S/C22H22F3N3O4S/c1-32-10-9-27-19(30)18-15-7-2-3-8-16(15)33-20(18)28(21(27)31)12-17(29)26-14-6-4-5-13(11-14)22(23,24)25/h4-6,11H,2-3,7-10,12H2,1H3,(H,26,29). The van der Waals surface area contributed by atoms with Gasteiger partial charge in [-0.05, 0) is 49.4 Å². The van der Waals surface area contributed by atoms with Gasteiger partial charge in [-0.1, -0.05) is 6.07 Å². The normalized spacial score (nSPS) is 13.8. The molecule has 0 saturated carbocycles. The number of thiophene rings is 1. The lowest BCUT2D eigenvalue weighted by Gasteiger charge is -2.14. The molecule has 3 aromatic rings. The molecule has 1 N–H and O–H groups in total. The second-order valence-electron chi connectivity index (χ2n) is 7.84. The largest absolute Gasteiger partial charge is 0.416 e. The first-order valence-corrected chi connectivity index (χ1v) is 11.3. The first-order valence-electron chi connectivity index (χ1n) is 10.4. The van der Waals surface area contributed by atoms with Gasteiger partial charge in [-0.15, -0.1) is 11.3 Å². The SMILES string of the molecule is COCCn1c(=O)c2c3c(sc2n(CC(=O)Nc2cccc(C(F)(F)F)c2)c1=O)CCCC3. The van der Waals surface area contributed by atoms with Crippen LogP contribution < -0.4 is 16.6 Å². The van der Waals surface area contributed by atoms with Crippen molar-refractivity contribution in [1.82, 2.24) is 9.13 Å². The Labute approximate surface area is 190 Å². The molecule has 0 bridgehead atoms. The number of amides is 1. The molecule has 0 aliphatic heterocycles.